The van der Waals surface area contributed by atoms with Crippen LogP contribution in [0.4, 0.5) is 5.69 Å². The van der Waals surface area contributed by atoms with Crippen LogP contribution in [-0.2, 0) is 17.8 Å². The Morgan fingerprint density at radius 2 is 1.39 bits per heavy atom. The van der Waals surface area contributed by atoms with Gasteiger partial charge in [0.2, 0.25) is 5.91 Å². The molecule has 1 N–H and O–H groups in total. The van der Waals surface area contributed by atoms with Crippen molar-refractivity contribution in [2.24, 2.45) is 11.8 Å². The fourth-order valence-corrected chi connectivity index (χ4v) is 4.99. The molecule has 33 heavy (non-hydrogen) atoms. The Hall–Kier alpha value is -2.62. The number of likely N-dealkylation sites (tertiary alicyclic amines) is 1. The maximum Gasteiger partial charge on any atom is 0.224 e. The molecule has 4 heteroatoms. The van der Waals surface area contributed by atoms with Crippen LogP contribution in [0.2, 0.25) is 5.02 Å². The van der Waals surface area contributed by atoms with E-state index in [4.69, 9.17) is 11.6 Å². The van der Waals surface area contributed by atoms with Crippen molar-refractivity contribution in [3.05, 3.63) is 88.9 Å². The molecule has 0 radical (unpaired) electrons. The topological polar surface area (TPSA) is 32.3 Å². The van der Waals surface area contributed by atoms with Gasteiger partial charge >= 0.3 is 0 Å². The number of hydrogen-bond donors (Lipinski definition) is 1. The van der Waals surface area contributed by atoms with Crippen LogP contribution < -0.4 is 5.32 Å². The first-order valence-corrected chi connectivity index (χ1v) is 12.3. The Morgan fingerprint density at radius 1 is 0.848 bits per heavy atom. The highest BCUT2D eigenvalue weighted by Crippen LogP contribution is 2.24. The van der Waals surface area contributed by atoms with E-state index in [1.807, 2.05) is 36.4 Å². The molecule has 1 fully saturated rings. The first-order chi connectivity index (χ1) is 15.9. The van der Waals surface area contributed by atoms with E-state index in [0.29, 0.717) is 6.42 Å². The van der Waals surface area contributed by atoms with Crippen molar-refractivity contribution in [2.75, 3.05) is 18.4 Å². The summed E-state index contributed by atoms with van der Waals surface area (Å²) >= 11 is 5.97. The molecule has 1 saturated heterocycles. The third-order valence-electron chi connectivity index (χ3n) is 6.36. The number of benzene rings is 3. The lowest BCUT2D eigenvalue weighted by Gasteiger charge is -2.35. The monoisotopic (exact) mass is 460 g/mol. The molecular formula is C29H33ClN2O. The van der Waals surface area contributed by atoms with Crippen LogP contribution in [-0.4, -0.2) is 23.9 Å². The van der Waals surface area contributed by atoms with Gasteiger partial charge in [-0.15, -0.1) is 0 Å². The highest BCUT2D eigenvalue weighted by atomic mass is 35.5. The van der Waals surface area contributed by atoms with Crippen molar-refractivity contribution >= 4 is 23.2 Å². The summed E-state index contributed by atoms with van der Waals surface area (Å²) < 4.78 is 0. The smallest absolute Gasteiger partial charge is 0.224 e. The van der Waals surface area contributed by atoms with E-state index in [2.05, 4.69) is 60.5 Å². The molecule has 3 aromatic rings. The molecule has 172 valence electrons. The van der Waals surface area contributed by atoms with Gasteiger partial charge in [-0.05, 0) is 71.2 Å². The Bertz CT molecular complexity index is 1030. The maximum atomic E-state index is 12.4. The summed E-state index contributed by atoms with van der Waals surface area (Å²) in [5.41, 5.74) is 5.60. The minimum absolute atomic E-state index is 0.0446. The summed E-state index contributed by atoms with van der Waals surface area (Å²) in [5.74, 6) is 1.57. The van der Waals surface area contributed by atoms with Gasteiger partial charge in [0, 0.05) is 36.8 Å². The van der Waals surface area contributed by atoms with E-state index in [-0.39, 0.29) is 5.91 Å². The molecule has 1 aliphatic heterocycles. The van der Waals surface area contributed by atoms with Gasteiger partial charge in [-0.25, -0.2) is 0 Å². The minimum atomic E-state index is 0.0446. The third-order valence-corrected chi connectivity index (χ3v) is 6.61. The highest BCUT2D eigenvalue weighted by Gasteiger charge is 2.21. The fraction of sp³-hybridized carbons (Fsp3) is 0.345. The molecule has 0 bridgehead atoms. The van der Waals surface area contributed by atoms with Crippen LogP contribution in [0.25, 0.3) is 11.1 Å². The third kappa shape index (κ3) is 6.93. The van der Waals surface area contributed by atoms with Crippen LogP contribution in [0.15, 0.2) is 72.8 Å². The Kier molecular flexibility index (Phi) is 7.85. The molecule has 3 aromatic carbocycles. The van der Waals surface area contributed by atoms with Gasteiger partial charge in [-0.2, -0.15) is 0 Å². The molecule has 0 spiro atoms. The normalized spacial score (nSPS) is 18.8. The lowest BCUT2D eigenvalue weighted by molar-refractivity contribution is -0.116. The number of halogens is 1. The van der Waals surface area contributed by atoms with E-state index in [0.717, 1.165) is 52.2 Å². The summed E-state index contributed by atoms with van der Waals surface area (Å²) in [6.45, 7) is 8.01. The van der Waals surface area contributed by atoms with Crippen molar-refractivity contribution in [2.45, 2.75) is 39.7 Å². The number of nitrogens with one attached hydrogen (secondary N) is 1. The van der Waals surface area contributed by atoms with Crippen molar-refractivity contribution in [3.8, 4) is 11.1 Å². The molecule has 1 heterocycles. The molecule has 3 nitrogen and oxygen atoms in total. The number of carbonyl (C=O) groups excluding carboxylic acids is 1. The summed E-state index contributed by atoms with van der Waals surface area (Å²) in [4.78, 5) is 15.0. The number of piperidine rings is 1. The largest absolute Gasteiger partial charge is 0.326 e. The van der Waals surface area contributed by atoms with Crippen LogP contribution in [0, 0.1) is 11.8 Å². The van der Waals surface area contributed by atoms with Crippen molar-refractivity contribution in [1.82, 2.24) is 4.90 Å². The number of nitrogens with zero attached hydrogens (tertiary/aromatic N) is 1. The number of amides is 1. The molecule has 1 amide bonds. The van der Waals surface area contributed by atoms with E-state index in [1.54, 1.807) is 0 Å². The fourth-order valence-electron chi connectivity index (χ4n) is 4.86. The van der Waals surface area contributed by atoms with Crippen molar-refractivity contribution in [3.63, 3.8) is 0 Å². The first kappa shape index (κ1) is 23.5. The Labute approximate surface area is 202 Å². The number of carbonyl (C=O) groups is 1. The SMILES string of the molecule is CC1CC(C)CN(Cc2ccc(NC(=O)CCc3ccc(-c4ccc(Cl)cc4)cc3)cc2)C1. The number of anilines is 1. The van der Waals surface area contributed by atoms with Crippen LogP contribution in [0.5, 0.6) is 0 Å². The Balaban J connectivity index is 1.24. The minimum Gasteiger partial charge on any atom is -0.326 e. The molecule has 1 aliphatic rings. The van der Waals surface area contributed by atoms with Gasteiger partial charge in [0.25, 0.3) is 0 Å². The Morgan fingerprint density at radius 3 is 2.00 bits per heavy atom. The van der Waals surface area contributed by atoms with Crippen LogP contribution >= 0.6 is 11.6 Å². The van der Waals surface area contributed by atoms with Gasteiger partial charge in [0.1, 0.15) is 0 Å². The van der Waals surface area contributed by atoms with E-state index >= 15 is 0 Å². The summed E-state index contributed by atoms with van der Waals surface area (Å²) in [5, 5.41) is 3.77. The second-order valence-corrected chi connectivity index (χ2v) is 10.0. The zero-order valence-electron chi connectivity index (χ0n) is 19.6. The van der Waals surface area contributed by atoms with Gasteiger partial charge < -0.3 is 5.32 Å². The van der Waals surface area contributed by atoms with Crippen molar-refractivity contribution < 1.29 is 4.79 Å². The van der Waals surface area contributed by atoms with Gasteiger partial charge in [0.05, 0.1) is 0 Å². The van der Waals surface area contributed by atoms with E-state index in [9.17, 15) is 4.79 Å². The molecule has 4 rings (SSSR count). The molecule has 2 atom stereocenters. The quantitative estimate of drug-likeness (QED) is 0.409. The summed E-state index contributed by atoms with van der Waals surface area (Å²) in [7, 11) is 0. The second-order valence-electron chi connectivity index (χ2n) is 9.59. The van der Waals surface area contributed by atoms with Gasteiger partial charge in [0.15, 0.2) is 0 Å². The average Bonchev–Trinajstić information content (AvgIpc) is 2.79. The average molecular weight is 461 g/mol. The van der Waals surface area contributed by atoms with Crippen LogP contribution in [0.3, 0.4) is 0 Å². The predicted octanol–water partition coefficient (Wildman–Crippen LogP) is 7.06. The molecule has 0 saturated carbocycles. The second kappa shape index (κ2) is 11.0. The molecule has 0 aromatic heterocycles. The number of hydrogen-bond acceptors (Lipinski definition) is 2. The number of rotatable bonds is 7. The molecule has 2 unspecified atom stereocenters. The number of aryl methyl sites for hydroxylation is 1. The van der Waals surface area contributed by atoms with E-state index in [1.165, 1.54) is 25.1 Å². The van der Waals surface area contributed by atoms with E-state index < -0.39 is 0 Å². The first-order valence-electron chi connectivity index (χ1n) is 11.9. The van der Waals surface area contributed by atoms with Gasteiger partial charge in [-0.1, -0.05) is 74.0 Å². The summed E-state index contributed by atoms with van der Waals surface area (Å²) in [6.07, 6.45) is 2.51. The lowest BCUT2D eigenvalue weighted by atomic mass is 9.91. The standard InChI is InChI=1S/C29H33ClN2O/c1-21-17-22(2)19-32(18-21)20-24-5-14-28(15-6-24)31-29(33)16-7-23-3-8-25(9-4-23)26-10-12-27(30)13-11-26/h3-6,8-15,21-22H,7,16-20H2,1-2H3,(H,31,33). The zero-order valence-corrected chi connectivity index (χ0v) is 20.3. The van der Waals surface area contributed by atoms with Crippen molar-refractivity contribution in [1.29, 1.82) is 0 Å². The van der Waals surface area contributed by atoms with Crippen LogP contribution in [0.1, 0.15) is 37.8 Å². The predicted molar refractivity (Wildman–Crippen MR) is 139 cm³/mol. The highest BCUT2D eigenvalue weighted by molar-refractivity contribution is 6.30. The molecular weight excluding hydrogens is 428 g/mol. The zero-order chi connectivity index (χ0) is 23.2. The lowest BCUT2D eigenvalue weighted by Crippen LogP contribution is -2.38. The van der Waals surface area contributed by atoms with Gasteiger partial charge in [-0.3, -0.25) is 9.69 Å². The summed E-state index contributed by atoms with van der Waals surface area (Å²) in [6, 6.07) is 24.5. The molecule has 0 aliphatic carbocycles. The maximum absolute atomic E-state index is 12.4.